The van der Waals surface area contributed by atoms with E-state index in [0.717, 1.165) is 30.6 Å². The molecule has 0 bridgehead atoms. The number of nitrogens with zero attached hydrogens (tertiary/aromatic N) is 6. The van der Waals surface area contributed by atoms with Crippen LogP contribution in [0.1, 0.15) is 44.6 Å². The van der Waals surface area contributed by atoms with E-state index < -0.39 is 17.5 Å². The normalized spacial score (nSPS) is 22.3. The zero-order chi connectivity index (χ0) is 21.3. The van der Waals surface area contributed by atoms with Gasteiger partial charge in [0.2, 0.25) is 5.91 Å². The third-order valence-corrected chi connectivity index (χ3v) is 6.12. The van der Waals surface area contributed by atoms with Crippen molar-refractivity contribution >= 4 is 17.8 Å². The van der Waals surface area contributed by atoms with Crippen molar-refractivity contribution in [3.63, 3.8) is 0 Å². The second-order valence-corrected chi connectivity index (χ2v) is 8.05. The van der Waals surface area contributed by atoms with Gasteiger partial charge in [-0.05, 0) is 47.9 Å². The summed E-state index contributed by atoms with van der Waals surface area (Å²) in [5.41, 5.74) is -0.0260. The molecule has 1 atom stereocenters. The highest BCUT2D eigenvalue weighted by atomic mass is 16.2. The molecule has 1 aromatic carbocycles. The Kier molecular flexibility index (Phi) is 5.23. The minimum Gasteiger partial charge on any atom is -0.341 e. The van der Waals surface area contributed by atoms with Gasteiger partial charge in [0, 0.05) is 13.1 Å². The van der Waals surface area contributed by atoms with Crippen LogP contribution in [0.3, 0.4) is 0 Å². The van der Waals surface area contributed by atoms with E-state index in [1.807, 2.05) is 0 Å². The molecule has 4 amide bonds. The number of nitrogens with one attached hydrogen (secondary N) is 1. The predicted octanol–water partition coefficient (Wildman–Crippen LogP) is 1.22. The van der Waals surface area contributed by atoms with Crippen LogP contribution in [-0.2, 0) is 15.1 Å². The lowest BCUT2D eigenvalue weighted by molar-refractivity contribution is -0.139. The number of aromatic nitrogens is 4. The van der Waals surface area contributed by atoms with Crippen molar-refractivity contribution in [2.75, 3.05) is 13.6 Å². The van der Waals surface area contributed by atoms with Gasteiger partial charge in [0.25, 0.3) is 5.91 Å². The van der Waals surface area contributed by atoms with Gasteiger partial charge in [-0.3, -0.25) is 14.5 Å². The van der Waals surface area contributed by atoms with Crippen LogP contribution in [0.2, 0.25) is 0 Å². The van der Waals surface area contributed by atoms with Crippen molar-refractivity contribution in [1.82, 2.24) is 35.3 Å². The van der Waals surface area contributed by atoms with Crippen molar-refractivity contribution in [1.29, 1.82) is 0 Å². The highest BCUT2D eigenvalue weighted by Gasteiger charge is 2.50. The Labute approximate surface area is 174 Å². The standard InChI is InChI=1S/C20H25N7O3/c1-20(14-7-6-10-16(11-14)27-13-21-23-24-27)18(29)26(19(30)22-20)12-17(28)25(2)15-8-4-3-5-9-15/h6-7,10-11,13,15H,3-5,8-9,12H2,1-2H3,(H,22,30)/t20-/m1/s1. The number of carbonyl (C=O) groups excluding carboxylic acids is 3. The van der Waals surface area contributed by atoms with Gasteiger partial charge in [0.15, 0.2) is 0 Å². The lowest BCUT2D eigenvalue weighted by Crippen LogP contribution is -2.46. The van der Waals surface area contributed by atoms with E-state index in [9.17, 15) is 14.4 Å². The minimum atomic E-state index is -1.27. The van der Waals surface area contributed by atoms with Gasteiger partial charge in [-0.15, -0.1) is 5.10 Å². The molecule has 10 nitrogen and oxygen atoms in total. The zero-order valence-electron chi connectivity index (χ0n) is 17.1. The average Bonchev–Trinajstić information content (AvgIpc) is 3.38. The largest absolute Gasteiger partial charge is 0.341 e. The molecular formula is C20H25N7O3. The predicted molar refractivity (Wildman–Crippen MR) is 106 cm³/mol. The van der Waals surface area contributed by atoms with Gasteiger partial charge in [-0.2, -0.15) is 0 Å². The SMILES string of the molecule is CN(C(=O)CN1C(=O)N[C@](C)(c2cccc(-n3cnnn3)c2)C1=O)C1CCCCC1. The Bertz CT molecular complexity index is 955. The molecule has 0 unspecified atom stereocenters. The quantitative estimate of drug-likeness (QED) is 0.740. The van der Waals surface area contributed by atoms with E-state index in [1.54, 1.807) is 43.1 Å². The summed E-state index contributed by atoms with van der Waals surface area (Å²) in [7, 11) is 1.76. The van der Waals surface area contributed by atoms with Crippen molar-refractivity contribution in [3.8, 4) is 5.69 Å². The van der Waals surface area contributed by atoms with Crippen molar-refractivity contribution < 1.29 is 14.4 Å². The second-order valence-electron chi connectivity index (χ2n) is 8.05. The van der Waals surface area contributed by atoms with Gasteiger partial charge >= 0.3 is 6.03 Å². The molecule has 2 heterocycles. The van der Waals surface area contributed by atoms with Crippen LogP contribution in [-0.4, -0.2) is 67.5 Å². The van der Waals surface area contributed by atoms with E-state index in [-0.39, 0.29) is 18.5 Å². The van der Waals surface area contributed by atoms with E-state index in [0.29, 0.717) is 11.3 Å². The molecule has 10 heteroatoms. The third-order valence-electron chi connectivity index (χ3n) is 6.12. The van der Waals surface area contributed by atoms with Crippen LogP contribution >= 0.6 is 0 Å². The fourth-order valence-electron chi connectivity index (χ4n) is 4.19. The topological polar surface area (TPSA) is 113 Å². The van der Waals surface area contributed by atoms with Crippen LogP contribution in [0.25, 0.3) is 5.69 Å². The molecule has 30 heavy (non-hydrogen) atoms. The van der Waals surface area contributed by atoms with Gasteiger partial charge in [0.05, 0.1) is 5.69 Å². The summed E-state index contributed by atoms with van der Waals surface area (Å²) in [5, 5.41) is 13.8. The molecule has 1 saturated carbocycles. The molecule has 158 valence electrons. The number of rotatable bonds is 5. The fraction of sp³-hybridized carbons (Fsp3) is 0.500. The highest BCUT2D eigenvalue weighted by molar-refractivity contribution is 6.09. The third kappa shape index (κ3) is 3.53. The Morgan fingerprint density at radius 1 is 1.27 bits per heavy atom. The summed E-state index contributed by atoms with van der Waals surface area (Å²) in [6.45, 7) is 1.38. The van der Waals surface area contributed by atoms with E-state index in [4.69, 9.17) is 0 Å². The monoisotopic (exact) mass is 411 g/mol. The van der Waals surface area contributed by atoms with Crippen LogP contribution in [0.15, 0.2) is 30.6 Å². The number of likely N-dealkylation sites (N-methyl/N-ethyl adjacent to an activating group) is 1. The smallest absolute Gasteiger partial charge is 0.325 e. The van der Waals surface area contributed by atoms with E-state index in [2.05, 4.69) is 20.8 Å². The molecule has 0 spiro atoms. The van der Waals surface area contributed by atoms with Gasteiger partial charge in [-0.25, -0.2) is 9.48 Å². The first-order valence-electron chi connectivity index (χ1n) is 10.1. The first-order chi connectivity index (χ1) is 14.4. The summed E-state index contributed by atoms with van der Waals surface area (Å²) in [5.74, 6) is -0.677. The number of carbonyl (C=O) groups is 3. The number of imide groups is 1. The molecular weight excluding hydrogens is 386 g/mol. The first-order valence-corrected chi connectivity index (χ1v) is 10.1. The number of tetrazole rings is 1. The summed E-state index contributed by atoms with van der Waals surface area (Å²) in [6.07, 6.45) is 6.76. The van der Waals surface area contributed by atoms with E-state index >= 15 is 0 Å². The molecule has 1 aromatic heterocycles. The molecule has 2 fully saturated rings. The molecule has 1 saturated heterocycles. The maximum Gasteiger partial charge on any atom is 0.325 e. The summed E-state index contributed by atoms with van der Waals surface area (Å²) in [6, 6.07) is 6.67. The average molecular weight is 411 g/mol. The van der Waals surface area contributed by atoms with Gasteiger partial charge < -0.3 is 10.2 Å². The summed E-state index contributed by atoms with van der Waals surface area (Å²) >= 11 is 0. The van der Waals surface area contributed by atoms with Crippen molar-refractivity contribution in [3.05, 3.63) is 36.2 Å². The maximum atomic E-state index is 13.2. The van der Waals surface area contributed by atoms with Crippen molar-refractivity contribution in [2.45, 2.75) is 50.6 Å². The molecule has 1 aliphatic carbocycles. The van der Waals surface area contributed by atoms with E-state index in [1.165, 1.54) is 17.4 Å². The lowest BCUT2D eigenvalue weighted by Gasteiger charge is -2.32. The summed E-state index contributed by atoms with van der Waals surface area (Å²) < 4.78 is 1.47. The van der Waals surface area contributed by atoms with Crippen molar-refractivity contribution in [2.24, 2.45) is 0 Å². The Morgan fingerprint density at radius 3 is 2.73 bits per heavy atom. The Balaban J connectivity index is 1.52. The molecule has 4 rings (SSSR count). The van der Waals surface area contributed by atoms with Crippen LogP contribution in [0.5, 0.6) is 0 Å². The fourth-order valence-corrected chi connectivity index (χ4v) is 4.19. The van der Waals surface area contributed by atoms with Crippen LogP contribution < -0.4 is 5.32 Å². The van der Waals surface area contributed by atoms with Gasteiger partial charge in [-0.1, -0.05) is 31.4 Å². The maximum absolute atomic E-state index is 13.2. The number of hydrogen-bond acceptors (Lipinski definition) is 6. The Morgan fingerprint density at radius 2 is 2.03 bits per heavy atom. The van der Waals surface area contributed by atoms with Crippen LogP contribution in [0, 0.1) is 0 Å². The number of amides is 4. The Hall–Kier alpha value is -3.30. The molecule has 1 N–H and O–H groups in total. The molecule has 2 aliphatic rings. The lowest BCUT2D eigenvalue weighted by atomic mass is 9.91. The van der Waals surface area contributed by atoms with Gasteiger partial charge in [0.1, 0.15) is 18.4 Å². The number of benzene rings is 1. The molecule has 0 radical (unpaired) electrons. The van der Waals surface area contributed by atoms with Crippen LogP contribution in [0.4, 0.5) is 4.79 Å². The molecule has 2 aromatic rings. The second kappa shape index (κ2) is 7.85. The number of urea groups is 1. The minimum absolute atomic E-state index is 0.173. The molecule has 1 aliphatic heterocycles. The zero-order valence-corrected chi connectivity index (χ0v) is 17.1. The summed E-state index contributed by atoms with van der Waals surface area (Å²) in [4.78, 5) is 41.3. The number of hydrogen-bond donors (Lipinski definition) is 1. The highest BCUT2D eigenvalue weighted by Crippen LogP contribution is 2.30. The first kappa shape index (κ1) is 20.0.